The summed E-state index contributed by atoms with van der Waals surface area (Å²) in [4.78, 5) is 46.5. The van der Waals surface area contributed by atoms with Gasteiger partial charge < -0.3 is 19.8 Å². The quantitative estimate of drug-likeness (QED) is 0.197. The Labute approximate surface area is 273 Å². The number of rotatable bonds is 9. The van der Waals surface area contributed by atoms with Crippen molar-refractivity contribution in [3.05, 3.63) is 72.6 Å². The first-order valence-electron chi connectivity index (χ1n) is 17.0. The van der Waals surface area contributed by atoms with Gasteiger partial charge in [-0.15, -0.1) is 0 Å². The molecule has 0 radical (unpaired) electrons. The lowest BCUT2D eigenvalue weighted by Gasteiger charge is -2.28. The molecular weight excluding hydrogens is 572 g/mol. The maximum atomic E-state index is 13.0. The molecule has 2 saturated heterocycles. The summed E-state index contributed by atoms with van der Waals surface area (Å²) in [7, 11) is 0. The molecule has 4 heterocycles. The van der Waals surface area contributed by atoms with Gasteiger partial charge in [0.25, 0.3) is 0 Å². The number of benzene rings is 2. The van der Waals surface area contributed by atoms with Crippen molar-refractivity contribution < 1.29 is 9.59 Å². The van der Waals surface area contributed by atoms with Gasteiger partial charge in [0.2, 0.25) is 11.8 Å². The van der Waals surface area contributed by atoms with Crippen LogP contribution in [0.15, 0.2) is 60.9 Å². The molecule has 4 aromatic rings. The van der Waals surface area contributed by atoms with Crippen LogP contribution in [0.1, 0.15) is 104 Å². The van der Waals surface area contributed by atoms with E-state index in [0.29, 0.717) is 24.7 Å². The number of amides is 2. The van der Waals surface area contributed by atoms with Gasteiger partial charge in [-0.1, -0.05) is 76.2 Å². The van der Waals surface area contributed by atoms with Crippen LogP contribution in [-0.4, -0.2) is 53.6 Å². The molecule has 2 fully saturated rings. The molecule has 0 unspecified atom stereocenters. The van der Waals surface area contributed by atoms with Crippen LogP contribution in [0.25, 0.3) is 33.6 Å². The number of aromatic amines is 2. The maximum absolute atomic E-state index is 13.0. The van der Waals surface area contributed by atoms with Crippen LogP contribution in [0, 0.1) is 11.8 Å². The SMILES string of the molecule is CC(C)CC(=O)N1[C@H](C)CC[C@H]1c1ncc(-c2ccc(-c3ccc(-c4cnc([C@@H]5CC[C@@H](C)N5C(=O)CC(C)C)[nH]4)cc3)cc2)[nH]1. The van der Waals surface area contributed by atoms with Gasteiger partial charge in [0.05, 0.1) is 35.9 Å². The normalized spacial score (nSPS) is 21.6. The van der Waals surface area contributed by atoms with E-state index in [1.54, 1.807) is 0 Å². The minimum atomic E-state index is 0.00627. The zero-order valence-corrected chi connectivity index (χ0v) is 28.1. The molecule has 2 aliphatic heterocycles. The fraction of sp³-hybridized carbons (Fsp3) is 0.474. The highest BCUT2D eigenvalue weighted by molar-refractivity contribution is 5.78. The third-order valence-electron chi connectivity index (χ3n) is 9.63. The molecule has 8 nitrogen and oxygen atoms in total. The Kier molecular flexibility index (Phi) is 9.16. The number of hydrogen-bond donors (Lipinski definition) is 2. The Balaban J connectivity index is 1.13. The van der Waals surface area contributed by atoms with Crippen LogP contribution in [0.4, 0.5) is 0 Å². The Morgan fingerprint density at radius 3 is 1.33 bits per heavy atom. The minimum absolute atomic E-state index is 0.00627. The average molecular weight is 621 g/mol. The Hall–Kier alpha value is -4.20. The molecule has 0 bridgehead atoms. The van der Waals surface area contributed by atoms with Gasteiger partial charge in [0, 0.05) is 24.9 Å². The number of hydrogen-bond acceptors (Lipinski definition) is 4. The first-order chi connectivity index (χ1) is 22.1. The van der Waals surface area contributed by atoms with Crippen LogP contribution < -0.4 is 0 Å². The largest absolute Gasteiger partial charge is 0.340 e. The highest BCUT2D eigenvalue weighted by atomic mass is 16.2. The third-order valence-corrected chi connectivity index (χ3v) is 9.63. The molecule has 0 aliphatic carbocycles. The molecule has 0 spiro atoms. The summed E-state index contributed by atoms with van der Waals surface area (Å²) in [6.07, 6.45) is 8.77. The zero-order valence-electron chi connectivity index (χ0n) is 28.1. The molecule has 8 heteroatoms. The van der Waals surface area contributed by atoms with E-state index in [1.807, 2.05) is 22.2 Å². The van der Waals surface area contributed by atoms with Crippen molar-refractivity contribution in [2.75, 3.05) is 0 Å². The van der Waals surface area contributed by atoms with Gasteiger partial charge in [-0.25, -0.2) is 9.97 Å². The standard InChI is InChI=1S/C38H48N6O2/c1-23(2)19-35(45)43-25(5)7-17-33(43)37-39-21-31(41-37)29-13-9-27(10-14-29)28-11-15-30(16-12-28)32-22-40-38(42-32)34-18-8-26(6)44(34)36(46)20-24(3)4/h9-16,21-26,33-34H,7-8,17-20H2,1-6H3,(H,39,41)(H,40,42)/t25-,26-,33+,34+/m1/s1. The van der Waals surface area contributed by atoms with Gasteiger partial charge in [-0.05, 0) is 73.6 Å². The van der Waals surface area contributed by atoms with Crippen molar-refractivity contribution in [2.24, 2.45) is 11.8 Å². The summed E-state index contributed by atoms with van der Waals surface area (Å²) in [6, 6.07) is 17.5. The van der Waals surface area contributed by atoms with Crippen LogP contribution in [-0.2, 0) is 9.59 Å². The van der Waals surface area contributed by atoms with E-state index in [2.05, 4.69) is 100 Å². The van der Waals surface area contributed by atoms with Crippen molar-refractivity contribution in [1.29, 1.82) is 0 Å². The summed E-state index contributed by atoms with van der Waals surface area (Å²) >= 11 is 0. The lowest BCUT2D eigenvalue weighted by atomic mass is 10.0. The number of aromatic nitrogens is 4. The van der Waals surface area contributed by atoms with E-state index in [0.717, 1.165) is 71.0 Å². The second-order valence-corrected chi connectivity index (χ2v) is 14.2. The summed E-state index contributed by atoms with van der Waals surface area (Å²) in [5, 5.41) is 0. The summed E-state index contributed by atoms with van der Waals surface area (Å²) in [6.45, 7) is 12.7. The Morgan fingerprint density at radius 2 is 0.978 bits per heavy atom. The summed E-state index contributed by atoms with van der Waals surface area (Å²) in [5.41, 5.74) is 6.33. The number of carbonyl (C=O) groups is 2. The molecule has 4 atom stereocenters. The second kappa shape index (κ2) is 13.3. The van der Waals surface area contributed by atoms with Gasteiger partial charge in [-0.2, -0.15) is 0 Å². The number of likely N-dealkylation sites (tertiary alicyclic amines) is 2. The Morgan fingerprint density at radius 1 is 0.630 bits per heavy atom. The third kappa shape index (κ3) is 6.53. The molecule has 2 aliphatic rings. The minimum Gasteiger partial charge on any atom is -0.340 e. The van der Waals surface area contributed by atoms with E-state index >= 15 is 0 Å². The highest BCUT2D eigenvalue weighted by Gasteiger charge is 2.38. The molecule has 2 N–H and O–H groups in total. The predicted molar refractivity (Wildman–Crippen MR) is 183 cm³/mol. The van der Waals surface area contributed by atoms with E-state index in [4.69, 9.17) is 9.97 Å². The van der Waals surface area contributed by atoms with E-state index in [9.17, 15) is 9.59 Å². The van der Waals surface area contributed by atoms with Crippen molar-refractivity contribution in [2.45, 2.75) is 104 Å². The molecule has 0 saturated carbocycles. The van der Waals surface area contributed by atoms with E-state index in [1.165, 1.54) is 0 Å². The van der Waals surface area contributed by atoms with Gasteiger partial charge in [0.1, 0.15) is 11.6 Å². The van der Waals surface area contributed by atoms with E-state index in [-0.39, 0.29) is 36.0 Å². The van der Waals surface area contributed by atoms with Crippen LogP contribution in [0.5, 0.6) is 0 Å². The average Bonchev–Trinajstić information content (AvgIpc) is 3.83. The van der Waals surface area contributed by atoms with Gasteiger partial charge in [-0.3, -0.25) is 9.59 Å². The smallest absolute Gasteiger partial charge is 0.223 e. The van der Waals surface area contributed by atoms with Gasteiger partial charge >= 0.3 is 0 Å². The number of imidazole rings is 2. The fourth-order valence-corrected chi connectivity index (χ4v) is 7.24. The van der Waals surface area contributed by atoms with Crippen molar-refractivity contribution in [1.82, 2.24) is 29.7 Å². The molecule has 6 rings (SSSR count). The number of carbonyl (C=O) groups excluding carboxylic acids is 2. The van der Waals surface area contributed by atoms with Crippen molar-refractivity contribution in [3.8, 4) is 33.6 Å². The van der Waals surface area contributed by atoms with Crippen LogP contribution in [0.2, 0.25) is 0 Å². The van der Waals surface area contributed by atoms with E-state index < -0.39 is 0 Å². The van der Waals surface area contributed by atoms with Gasteiger partial charge in [0.15, 0.2) is 0 Å². The van der Waals surface area contributed by atoms with Crippen LogP contribution in [0.3, 0.4) is 0 Å². The lowest BCUT2D eigenvalue weighted by molar-refractivity contribution is -0.135. The van der Waals surface area contributed by atoms with Crippen molar-refractivity contribution in [3.63, 3.8) is 0 Å². The molecule has 2 amide bonds. The zero-order chi connectivity index (χ0) is 32.5. The fourth-order valence-electron chi connectivity index (χ4n) is 7.24. The number of nitrogens with one attached hydrogen (secondary N) is 2. The predicted octanol–water partition coefficient (Wildman–Crippen LogP) is 8.33. The first kappa shape index (κ1) is 31.8. The molecule has 242 valence electrons. The lowest BCUT2D eigenvalue weighted by Crippen LogP contribution is -2.36. The molecule has 46 heavy (non-hydrogen) atoms. The van der Waals surface area contributed by atoms with Crippen LogP contribution >= 0.6 is 0 Å². The highest BCUT2D eigenvalue weighted by Crippen LogP contribution is 2.38. The molecular formula is C38H48N6O2. The topological polar surface area (TPSA) is 98.0 Å². The summed E-state index contributed by atoms with van der Waals surface area (Å²) in [5.74, 6) is 2.85. The molecule has 2 aromatic heterocycles. The maximum Gasteiger partial charge on any atom is 0.223 e. The number of nitrogens with zero attached hydrogens (tertiary/aromatic N) is 4. The monoisotopic (exact) mass is 620 g/mol. The Bertz CT molecular complexity index is 1530. The van der Waals surface area contributed by atoms with Crippen molar-refractivity contribution >= 4 is 11.8 Å². The number of H-pyrrole nitrogens is 2. The first-order valence-corrected chi connectivity index (χ1v) is 17.0. The second-order valence-electron chi connectivity index (χ2n) is 14.2. The molecule has 2 aromatic carbocycles. The summed E-state index contributed by atoms with van der Waals surface area (Å²) < 4.78 is 0.